The minimum atomic E-state index is 0.381. The van der Waals surface area contributed by atoms with Crippen LogP contribution in [0.3, 0.4) is 0 Å². The molecule has 5 nitrogen and oxygen atoms in total. The van der Waals surface area contributed by atoms with Crippen LogP contribution >= 0.6 is 0 Å². The fraction of sp³-hybridized carbons (Fsp3) is 0.767. The molecule has 0 aliphatic heterocycles. The van der Waals surface area contributed by atoms with Gasteiger partial charge in [-0.25, -0.2) is 0 Å². The van der Waals surface area contributed by atoms with E-state index >= 15 is 0 Å². The number of phenols is 5. The number of aromatic hydroxyl groups is 5. The Balaban J connectivity index is 0.000000161. The second kappa shape index (κ2) is 64.5. The second-order valence-electron chi connectivity index (χ2n) is 48.3. The highest BCUT2D eigenvalue weighted by Gasteiger charge is 2.32. The van der Waals surface area contributed by atoms with E-state index < -0.39 is 0 Å². The van der Waals surface area contributed by atoms with Crippen LogP contribution in [0, 0.1) is 118 Å². The van der Waals surface area contributed by atoms with Crippen molar-refractivity contribution < 1.29 is 25.5 Å². The molecule has 10 aliphatic rings. The van der Waals surface area contributed by atoms with Crippen molar-refractivity contribution in [1.82, 2.24) is 0 Å². The van der Waals surface area contributed by atoms with Gasteiger partial charge in [0.2, 0.25) is 0 Å². The first-order valence-corrected chi connectivity index (χ1v) is 59.5. The lowest BCUT2D eigenvalue weighted by atomic mass is 9.74. The van der Waals surface area contributed by atoms with Crippen molar-refractivity contribution in [3.8, 4) is 28.7 Å². The summed E-state index contributed by atoms with van der Waals surface area (Å²) in [4.78, 5) is 0. The number of aryl methyl sites for hydroxylation is 5. The van der Waals surface area contributed by atoms with Crippen molar-refractivity contribution >= 4 is 0 Å². The van der Waals surface area contributed by atoms with Gasteiger partial charge in [-0.1, -0.05) is 506 Å². The summed E-state index contributed by atoms with van der Waals surface area (Å²) in [7, 11) is 0. The zero-order valence-electron chi connectivity index (χ0n) is 87.7. The molecule has 10 aliphatic carbocycles. The summed E-state index contributed by atoms with van der Waals surface area (Å²) in [5.74, 6) is 22.2. The quantitative estimate of drug-likeness (QED) is 0.0250. The van der Waals surface area contributed by atoms with Crippen LogP contribution in [0.25, 0.3) is 0 Å². The summed E-state index contributed by atoms with van der Waals surface area (Å²) in [6.07, 6.45) is 108. The van der Waals surface area contributed by atoms with E-state index in [9.17, 15) is 25.5 Å². The van der Waals surface area contributed by atoms with E-state index in [0.717, 1.165) is 118 Å². The summed E-state index contributed by atoms with van der Waals surface area (Å²) in [5, 5.41) is 47.0. The molecule has 0 bridgehead atoms. The monoisotopic (exact) mass is 1840 g/mol. The van der Waals surface area contributed by atoms with Crippen LogP contribution in [0.15, 0.2) is 121 Å². The lowest BCUT2D eigenvalue weighted by Crippen LogP contribution is -2.18. The fourth-order valence-electron chi connectivity index (χ4n) is 27.8. The molecule has 134 heavy (non-hydrogen) atoms. The Kier molecular flexibility index (Phi) is 52.7. The summed E-state index contributed by atoms with van der Waals surface area (Å²) < 4.78 is 0. The number of benzene rings is 5. The van der Waals surface area contributed by atoms with E-state index in [1.54, 1.807) is 0 Å². The minimum absolute atomic E-state index is 0.381. The number of hydrogen-bond acceptors (Lipinski definition) is 5. The maximum absolute atomic E-state index is 9.42. The molecule has 0 radical (unpaired) electrons. The number of rotatable bonds is 44. The summed E-state index contributed by atoms with van der Waals surface area (Å²) in [5.41, 5.74) is 6.89. The number of unbranched alkanes of at least 4 members (excludes halogenated alkanes) is 7. The zero-order chi connectivity index (χ0) is 93.8. The van der Waals surface area contributed by atoms with Gasteiger partial charge in [0.25, 0.3) is 0 Å². The SMILES string of the molecule is CC1CCC(CCC2CCC(CCc3ccc(O)cc3)CC2)CC1.CCC1CCC(CCC2CCC(CCc3ccc(O)cc3)CC2)CC1.CCCCC1CCC(CCC2CCC(CCc3ccc(O)cc3)CC2)CC1.CCCCCC1CCC(CCC2CCC(CCc3ccc(O)cc3)CC2)CC1.CCCCCCCC1CCC(CCC2CCC(CCc3ccc(O)cc3)CC2)CC1. The molecule has 754 valence electrons. The van der Waals surface area contributed by atoms with E-state index in [0.29, 0.717) is 28.7 Å². The standard InChI is InChI=1S/C29H48O.C27H44O.C26H42O.C24H38O.C23H36O/c1-2-3-4-5-6-7-24-8-10-25(11-9-24)12-13-26-14-16-27(17-15-26)18-19-28-20-22-29(30)23-21-28;1-2-3-4-5-22-6-8-23(9-7-22)10-11-24-12-14-25(15-13-24)16-17-26-18-20-27(28)21-19-26;1-2-3-4-21-5-7-22(8-6-21)9-10-23-11-13-24(14-12-23)15-16-25-17-19-26(27)20-18-25;1-2-19-3-5-20(6-4-19)7-8-21-9-11-22(12-10-21)13-14-23-15-17-24(25)18-16-23;1-18-2-4-19(5-3-18)6-7-20-8-10-21(11-9-20)12-13-22-14-16-23(24)17-15-22/h20-27,30H,2-19H2,1H3;18-25,28H,2-17H2,1H3;17-24,27H,2-16H2,1H3;15-22,25H,2-14H2,1H3;14-21,24H,2-13H2,1H3. The van der Waals surface area contributed by atoms with Gasteiger partial charge in [0.05, 0.1) is 0 Å². The van der Waals surface area contributed by atoms with Crippen molar-refractivity contribution in [2.75, 3.05) is 0 Å². The minimum Gasteiger partial charge on any atom is -0.508 e. The predicted octanol–water partition coefficient (Wildman–Crippen LogP) is 39.1. The molecule has 0 unspecified atom stereocenters. The van der Waals surface area contributed by atoms with E-state index in [-0.39, 0.29) is 0 Å². The number of hydrogen-bond donors (Lipinski definition) is 5. The Labute approximate surface area is 826 Å². The molecule has 10 saturated carbocycles. The van der Waals surface area contributed by atoms with Gasteiger partial charge < -0.3 is 25.5 Å². The molecule has 15 rings (SSSR count). The molecule has 5 aromatic rings. The number of phenolic OH excluding ortho intramolecular Hbond substituents is 5. The first kappa shape index (κ1) is 109. The van der Waals surface area contributed by atoms with Gasteiger partial charge in [0.15, 0.2) is 0 Å². The summed E-state index contributed by atoms with van der Waals surface area (Å²) >= 11 is 0. The largest absolute Gasteiger partial charge is 0.508 e. The highest BCUT2D eigenvalue weighted by Crippen LogP contribution is 2.46. The maximum Gasteiger partial charge on any atom is 0.115 e. The van der Waals surface area contributed by atoms with E-state index in [2.05, 4.69) is 95.3 Å². The van der Waals surface area contributed by atoms with Gasteiger partial charge in [-0.3, -0.25) is 0 Å². The molecule has 0 aromatic heterocycles. The predicted molar refractivity (Wildman–Crippen MR) is 576 cm³/mol. The third kappa shape index (κ3) is 44.5. The normalized spacial score (nSPS) is 29.1. The first-order chi connectivity index (χ1) is 65.6. The topological polar surface area (TPSA) is 101 Å². The third-order valence-electron chi connectivity index (χ3n) is 38.1. The lowest BCUT2D eigenvalue weighted by molar-refractivity contribution is 0.208. The molecule has 0 amide bonds. The highest BCUT2D eigenvalue weighted by molar-refractivity contribution is 5.29. The lowest BCUT2D eigenvalue weighted by Gasteiger charge is -2.32. The van der Waals surface area contributed by atoms with Gasteiger partial charge in [0, 0.05) is 0 Å². The van der Waals surface area contributed by atoms with Crippen molar-refractivity contribution in [1.29, 1.82) is 0 Å². The van der Waals surface area contributed by atoms with Crippen LogP contribution in [0.2, 0.25) is 0 Å². The third-order valence-corrected chi connectivity index (χ3v) is 38.1. The van der Waals surface area contributed by atoms with E-state index in [1.807, 2.05) is 60.7 Å². The Bertz CT molecular complexity index is 3630. The molecular formula is C129H208O5. The Morgan fingerprint density at radius 1 is 0.157 bits per heavy atom. The summed E-state index contributed by atoms with van der Waals surface area (Å²) in [6, 6.07) is 39.0. The van der Waals surface area contributed by atoms with Crippen molar-refractivity contribution in [2.24, 2.45) is 118 Å². The smallest absolute Gasteiger partial charge is 0.115 e. The molecule has 5 heteroatoms. The van der Waals surface area contributed by atoms with Gasteiger partial charge in [0.1, 0.15) is 28.7 Å². The molecule has 0 heterocycles. The molecule has 5 aromatic carbocycles. The van der Waals surface area contributed by atoms with E-state index in [1.165, 1.54) is 503 Å². The zero-order valence-corrected chi connectivity index (χ0v) is 87.7. The Morgan fingerprint density at radius 2 is 0.299 bits per heavy atom. The molecule has 0 saturated heterocycles. The van der Waals surface area contributed by atoms with Gasteiger partial charge >= 0.3 is 0 Å². The van der Waals surface area contributed by atoms with Crippen molar-refractivity contribution in [3.05, 3.63) is 149 Å². The molecule has 10 fully saturated rings. The Morgan fingerprint density at radius 3 is 0.485 bits per heavy atom. The van der Waals surface area contributed by atoms with Crippen LogP contribution in [0.1, 0.15) is 505 Å². The van der Waals surface area contributed by atoms with Crippen LogP contribution in [-0.4, -0.2) is 25.5 Å². The van der Waals surface area contributed by atoms with Crippen LogP contribution in [0.4, 0.5) is 0 Å². The molecule has 0 atom stereocenters. The molecule has 0 spiro atoms. The highest BCUT2D eigenvalue weighted by atomic mass is 16.3. The van der Waals surface area contributed by atoms with Crippen molar-refractivity contribution in [2.45, 2.75) is 510 Å². The second-order valence-corrected chi connectivity index (χ2v) is 48.3. The molecule has 5 N–H and O–H groups in total. The first-order valence-electron chi connectivity index (χ1n) is 59.5. The van der Waals surface area contributed by atoms with Gasteiger partial charge in [-0.15, -0.1) is 0 Å². The van der Waals surface area contributed by atoms with Crippen molar-refractivity contribution in [3.63, 3.8) is 0 Å². The Hall–Kier alpha value is -4.90. The van der Waals surface area contributed by atoms with Gasteiger partial charge in [-0.05, 0) is 271 Å². The average molecular weight is 1840 g/mol. The maximum atomic E-state index is 9.42. The van der Waals surface area contributed by atoms with Crippen LogP contribution in [0.5, 0.6) is 28.7 Å². The van der Waals surface area contributed by atoms with Crippen LogP contribution < -0.4 is 0 Å². The molecular weight excluding hydrogens is 1630 g/mol. The van der Waals surface area contributed by atoms with Gasteiger partial charge in [-0.2, -0.15) is 0 Å². The fourth-order valence-corrected chi connectivity index (χ4v) is 27.8. The van der Waals surface area contributed by atoms with Crippen LogP contribution in [-0.2, 0) is 32.1 Å². The summed E-state index contributed by atoms with van der Waals surface area (Å²) in [6.45, 7) is 11.8. The van der Waals surface area contributed by atoms with E-state index in [4.69, 9.17) is 0 Å². The average Bonchev–Trinajstić information content (AvgIpc) is 0.891.